The molecule has 17 heavy (non-hydrogen) atoms. The van der Waals surface area contributed by atoms with Gasteiger partial charge in [0, 0.05) is 0 Å². The second-order valence-corrected chi connectivity index (χ2v) is 14.4. The van der Waals surface area contributed by atoms with Crippen LogP contribution in [0.3, 0.4) is 0 Å². The van der Waals surface area contributed by atoms with E-state index in [9.17, 15) is 8.42 Å². The van der Waals surface area contributed by atoms with Crippen molar-refractivity contribution in [1.29, 1.82) is 0 Å². The van der Waals surface area contributed by atoms with Crippen LogP contribution in [-0.2, 0) is 20.7 Å². The van der Waals surface area contributed by atoms with E-state index in [1.807, 2.05) is 0 Å². The summed E-state index contributed by atoms with van der Waals surface area (Å²) < 4.78 is 27.1. The third-order valence-corrected chi connectivity index (χ3v) is 5.93. The molecule has 1 aromatic carbocycles. The summed E-state index contributed by atoms with van der Waals surface area (Å²) in [5.74, 6) is 0. The second kappa shape index (κ2) is 5.91. The average molecular weight is 334 g/mol. The van der Waals surface area contributed by atoms with Gasteiger partial charge in [-0.25, -0.2) is 0 Å². The number of halogens is 3. The number of rotatable bonds is 5. The van der Waals surface area contributed by atoms with Crippen LogP contribution in [0.4, 0.5) is 0 Å². The van der Waals surface area contributed by atoms with Crippen molar-refractivity contribution in [3.8, 4) is 0 Å². The summed E-state index contributed by atoms with van der Waals surface area (Å²) in [5, 5.41) is 0. The van der Waals surface area contributed by atoms with Crippen LogP contribution in [0.2, 0.25) is 6.04 Å². The SMILES string of the molecule is COS(=O)(=O)c1ccc(CC[Si](Cl)(Cl)Cl)cc1. The van der Waals surface area contributed by atoms with Crippen LogP contribution >= 0.6 is 33.2 Å². The maximum atomic E-state index is 11.4. The Labute approximate surface area is 116 Å². The highest BCUT2D eigenvalue weighted by Gasteiger charge is 2.24. The minimum atomic E-state index is -3.63. The van der Waals surface area contributed by atoms with Gasteiger partial charge in [0.2, 0.25) is 0 Å². The number of benzene rings is 1. The molecule has 0 aliphatic carbocycles. The Kier molecular flexibility index (Phi) is 5.31. The van der Waals surface area contributed by atoms with Gasteiger partial charge >= 0.3 is 6.00 Å². The number of hydrogen-bond donors (Lipinski definition) is 0. The minimum absolute atomic E-state index is 0.120. The summed E-state index contributed by atoms with van der Waals surface area (Å²) in [6.45, 7) is 0. The predicted octanol–water partition coefficient (Wildman–Crippen LogP) is 3.22. The van der Waals surface area contributed by atoms with E-state index in [4.69, 9.17) is 33.2 Å². The van der Waals surface area contributed by atoms with E-state index in [0.29, 0.717) is 12.5 Å². The lowest BCUT2D eigenvalue weighted by molar-refractivity contribution is 0.398. The molecule has 0 amide bonds. The van der Waals surface area contributed by atoms with Gasteiger partial charge in [-0.3, -0.25) is 4.18 Å². The van der Waals surface area contributed by atoms with Crippen molar-refractivity contribution in [2.45, 2.75) is 17.4 Å². The van der Waals surface area contributed by atoms with Gasteiger partial charge < -0.3 is 0 Å². The summed E-state index contributed by atoms with van der Waals surface area (Å²) in [6.07, 6.45) is 0.621. The second-order valence-electron chi connectivity index (χ2n) is 3.38. The molecule has 3 nitrogen and oxygen atoms in total. The van der Waals surface area contributed by atoms with Crippen LogP contribution in [-0.4, -0.2) is 21.5 Å². The zero-order chi connectivity index (χ0) is 13.1. The van der Waals surface area contributed by atoms with Gasteiger partial charge in [0.15, 0.2) is 0 Å². The molecule has 0 N–H and O–H groups in total. The predicted molar refractivity (Wildman–Crippen MR) is 72.5 cm³/mol. The third kappa shape index (κ3) is 5.15. The Morgan fingerprint density at radius 3 is 2.12 bits per heavy atom. The molecule has 0 radical (unpaired) electrons. The molecule has 0 saturated heterocycles. The Morgan fingerprint density at radius 1 is 1.18 bits per heavy atom. The van der Waals surface area contributed by atoms with E-state index in [1.54, 1.807) is 12.1 Å². The molecule has 0 atom stereocenters. The zero-order valence-corrected chi connectivity index (χ0v) is 13.1. The zero-order valence-electron chi connectivity index (χ0n) is 8.99. The lowest BCUT2D eigenvalue weighted by Gasteiger charge is -2.08. The topological polar surface area (TPSA) is 43.4 Å². The first kappa shape index (κ1) is 15.3. The molecular formula is C9H11Cl3O3SSi. The van der Waals surface area contributed by atoms with Crippen molar-refractivity contribution in [2.75, 3.05) is 7.11 Å². The molecule has 0 aliphatic heterocycles. The molecule has 1 rings (SSSR count). The number of hydrogen-bond acceptors (Lipinski definition) is 3. The van der Waals surface area contributed by atoms with Crippen LogP contribution in [0.15, 0.2) is 29.2 Å². The Balaban J connectivity index is 2.76. The molecule has 0 aromatic heterocycles. The van der Waals surface area contributed by atoms with Gasteiger partial charge in [-0.2, -0.15) is 8.42 Å². The highest BCUT2D eigenvalue weighted by atomic mass is 35.8. The minimum Gasteiger partial charge on any atom is -0.270 e. The van der Waals surface area contributed by atoms with Crippen molar-refractivity contribution < 1.29 is 12.6 Å². The van der Waals surface area contributed by atoms with E-state index < -0.39 is 16.1 Å². The van der Waals surface area contributed by atoms with Crippen LogP contribution < -0.4 is 0 Å². The molecular weight excluding hydrogens is 323 g/mol. The van der Waals surface area contributed by atoms with Gasteiger partial charge in [0.25, 0.3) is 10.1 Å². The van der Waals surface area contributed by atoms with E-state index in [2.05, 4.69) is 4.18 Å². The third-order valence-electron chi connectivity index (χ3n) is 2.13. The monoisotopic (exact) mass is 332 g/mol. The van der Waals surface area contributed by atoms with E-state index in [-0.39, 0.29) is 4.90 Å². The Hall–Kier alpha value is 0.217. The van der Waals surface area contributed by atoms with Gasteiger partial charge in [0.1, 0.15) is 0 Å². The summed E-state index contributed by atoms with van der Waals surface area (Å²) in [6, 6.07) is 4.23. The summed E-state index contributed by atoms with van der Waals surface area (Å²) >= 11 is 17.3. The van der Waals surface area contributed by atoms with Crippen molar-refractivity contribution in [2.24, 2.45) is 0 Å². The summed E-state index contributed by atoms with van der Waals surface area (Å²) in [5.41, 5.74) is 0.930. The lowest BCUT2D eigenvalue weighted by Crippen LogP contribution is -2.10. The van der Waals surface area contributed by atoms with Crippen molar-refractivity contribution in [1.82, 2.24) is 0 Å². The molecule has 0 aliphatic rings. The molecule has 0 spiro atoms. The maximum absolute atomic E-state index is 11.4. The van der Waals surface area contributed by atoms with Crippen LogP contribution in [0.1, 0.15) is 5.56 Å². The van der Waals surface area contributed by atoms with E-state index >= 15 is 0 Å². The van der Waals surface area contributed by atoms with Crippen molar-refractivity contribution >= 4 is 49.4 Å². The van der Waals surface area contributed by atoms with Gasteiger partial charge in [-0.1, -0.05) is 12.1 Å². The summed E-state index contributed by atoms with van der Waals surface area (Å²) in [4.78, 5) is 0.120. The highest BCUT2D eigenvalue weighted by molar-refractivity contribution is 7.86. The Morgan fingerprint density at radius 2 is 1.71 bits per heavy atom. The van der Waals surface area contributed by atoms with Crippen molar-refractivity contribution in [3.63, 3.8) is 0 Å². The first-order valence-electron chi connectivity index (χ1n) is 4.71. The number of aryl methyl sites for hydroxylation is 1. The fourth-order valence-electron chi connectivity index (χ4n) is 1.21. The average Bonchev–Trinajstić information content (AvgIpc) is 2.26. The van der Waals surface area contributed by atoms with Crippen molar-refractivity contribution in [3.05, 3.63) is 29.8 Å². The highest BCUT2D eigenvalue weighted by Crippen LogP contribution is 2.27. The van der Waals surface area contributed by atoms with Crippen LogP contribution in [0.5, 0.6) is 0 Å². The quantitative estimate of drug-likeness (QED) is 0.472. The fourth-order valence-corrected chi connectivity index (χ4v) is 3.29. The van der Waals surface area contributed by atoms with E-state index in [1.165, 1.54) is 12.1 Å². The molecule has 96 valence electrons. The molecule has 0 heterocycles. The normalized spacial score (nSPS) is 12.7. The first-order chi connectivity index (χ1) is 7.74. The summed E-state index contributed by atoms with van der Waals surface area (Å²) in [7, 11) is -2.51. The van der Waals surface area contributed by atoms with Gasteiger partial charge in [0.05, 0.1) is 12.0 Å². The first-order valence-corrected chi connectivity index (χ1v) is 11.4. The molecule has 0 saturated carbocycles. The van der Waals surface area contributed by atoms with Gasteiger partial charge in [-0.15, -0.1) is 33.2 Å². The standard InChI is InChI=1S/C9H11Cl3O3SSi/c1-15-16(13,14)9-4-2-8(3-5-9)6-7-17(10,11)12/h2-5H,6-7H2,1H3. The largest absolute Gasteiger partial charge is 0.341 e. The Bertz CT molecular complexity index is 467. The van der Waals surface area contributed by atoms with Gasteiger partial charge in [-0.05, 0) is 30.2 Å². The lowest BCUT2D eigenvalue weighted by atomic mass is 10.2. The van der Waals surface area contributed by atoms with Crippen LogP contribution in [0, 0.1) is 0 Å². The molecule has 8 heteroatoms. The molecule has 0 fully saturated rings. The van der Waals surface area contributed by atoms with E-state index in [0.717, 1.165) is 12.7 Å². The molecule has 0 unspecified atom stereocenters. The smallest absolute Gasteiger partial charge is 0.270 e. The molecule has 0 bridgehead atoms. The maximum Gasteiger partial charge on any atom is 0.341 e. The van der Waals surface area contributed by atoms with Crippen LogP contribution in [0.25, 0.3) is 0 Å². The molecule has 1 aromatic rings. The fraction of sp³-hybridized carbons (Fsp3) is 0.333.